The first kappa shape index (κ1) is 16.1. The van der Waals surface area contributed by atoms with Gasteiger partial charge in [0.25, 0.3) is 0 Å². The molecule has 6 heteroatoms. The summed E-state index contributed by atoms with van der Waals surface area (Å²) in [5.74, 6) is -0.212. The van der Waals surface area contributed by atoms with E-state index in [0.717, 1.165) is 27.0 Å². The number of carbonyl (C=O) groups is 2. The molecule has 2 amide bonds. The molecule has 0 radical (unpaired) electrons. The van der Waals surface area contributed by atoms with Crippen molar-refractivity contribution in [3.8, 4) is 0 Å². The molecule has 0 saturated carbocycles. The van der Waals surface area contributed by atoms with Crippen molar-refractivity contribution in [3.05, 3.63) is 53.6 Å². The van der Waals surface area contributed by atoms with Crippen molar-refractivity contribution in [3.63, 3.8) is 0 Å². The second-order valence-electron chi connectivity index (χ2n) is 5.53. The van der Waals surface area contributed by atoms with Crippen LogP contribution in [0.1, 0.15) is 18.1 Å². The van der Waals surface area contributed by atoms with Crippen LogP contribution in [0.15, 0.2) is 42.5 Å². The van der Waals surface area contributed by atoms with Gasteiger partial charge in [-0.05, 0) is 36.2 Å². The number of amides is 2. The quantitative estimate of drug-likeness (QED) is 0.760. The largest absolute Gasteiger partial charge is 0.326 e. The van der Waals surface area contributed by atoms with Crippen LogP contribution in [0.2, 0.25) is 0 Å². The molecular weight excluding hydrogens is 322 g/mol. The average Bonchev–Trinajstić information content (AvgIpc) is 2.90. The highest BCUT2D eigenvalue weighted by Gasteiger charge is 2.10. The lowest BCUT2D eigenvalue weighted by atomic mass is 10.1. The van der Waals surface area contributed by atoms with Crippen LogP contribution in [0, 0.1) is 6.92 Å². The van der Waals surface area contributed by atoms with Crippen molar-refractivity contribution in [2.75, 3.05) is 10.6 Å². The van der Waals surface area contributed by atoms with E-state index in [1.165, 1.54) is 18.3 Å². The van der Waals surface area contributed by atoms with Crippen molar-refractivity contribution < 1.29 is 9.59 Å². The predicted molar refractivity (Wildman–Crippen MR) is 97.4 cm³/mol. The SMILES string of the molecule is CC(=O)Nc1ccc2nc(NC(=O)Cc3ccccc3C)sc2c1. The number of nitrogens with zero attached hydrogens (tertiary/aromatic N) is 1. The molecule has 0 unspecified atom stereocenters. The maximum atomic E-state index is 12.2. The van der Waals surface area contributed by atoms with Crippen molar-refractivity contribution in [2.24, 2.45) is 0 Å². The molecule has 2 N–H and O–H groups in total. The maximum Gasteiger partial charge on any atom is 0.230 e. The number of aryl methyl sites for hydroxylation is 1. The minimum atomic E-state index is -0.120. The van der Waals surface area contributed by atoms with E-state index in [-0.39, 0.29) is 11.8 Å². The van der Waals surface area contributed by atoms with Gasteiger partial charge in [0, 0.05) is 12.6 Å². The third kappa shape index (κ3) is 3.78. The number of thiazole rings is 1. The number of benzene rings is 2. The van der Waals surface area contributed by atoms with Gasteiger partial charge in [-0.15, -0.1) is 0 Å². The zero-order valence-corrected chi connectivity index (χ0v) is 14.2. The molecule has 24 heavy (non-hydrogen) atoms. The minimum Gasteiger partial charge on any atom is -0.326 e. The Bertz CT molecular complexity index is 918. The monoisotopic (exact) mass is 339 g/mol. The van der Waals surface area contributed by atoms with Gasteiger partial charge in [-0.1, -0.05) is 35.6 Å². The van der Waals surface area contributed by atoms with E-state index in [9.17, 15) is 9.59 Å². The van der Waals surface area contributed by atoms with Crippen LogP contribution in [0.3, 0.4) is 0 Å². The van der Waals surface area contributed by atoms with Gasteiger partial charge >= 0.3 is 0 Å². The van der Waals surface area contributed by atoms with E-state index < -0.39 is 0 Å². The van der Waals surface area contributed by atoms with E-state index in [1.54, 1.807) is 6.07 Å². The third-order valence-electron chi connectivity index (χ3n) is 3.57. The highest BCUT2D eigenvalue weighted by Crippen LogP contribution is 2.28. The fourth-order valence-electron chi connectivity index (χ4n) is 2.40. The molecule has 3 rings (SSSR count). The van der Waals surface area contributed by atoms with Gasteiger partial charge in [-0.25, -0.2) is 4.98 Å². The van der Waals surface area contributed by atoms with Gasteiger partial charge < -0.3 is 10.6 Å². The summed E-state index contributed by atoms with van der Waals surface area (Å²) >= 11 is 1.39. The first-order chi connectivity index (χ1) is 11.5. The molecule has 0 aliphatic heterocycles. The molecule has 5 nitrogen and oxygen atoms in total. The van der Waals surface area contributed by atoms with Gasteiger partial charge in [0.05, 0.1) is 16.6 Å². The van der Waals surface area contributed by atoms with Crippen LogP contribution in [0.5, 0.6) is 0 Å². The van der Waals surface area contributed by atoms with E-state index in [0.29, 0.717) is 11.6 Å². The zero-order valence-electron chi connectivity index (χ0n) is 13.4. The highest BCUT2D eigenvalue weighted by atomic mass is 32.1. The number of carbonyl (C=O) groups excluding carboxylic acids is 2. The smallest absolute Gasteiger partial charge is 0.230 e. The standard InChI is InChI=1S/C18H17N3O2S/c1-11-5-3-4-6-13(11)9-17(23)21-18-20-15-8-7-14(19-12(2)22)10-16(15)24-18/h3-8,10H,9H2,1-2H3,(H,19,22)(H,20,21,23). The summed E-state index contributed by atoms with van der Waals surface area (Å²) in [4.78, 5) is 27.8. The van der Waals surface area contributed by atoms with Gasteiger partial charge in [-0.3, -0.25) is 9.59 Å². The first-order valence-corrected chi connectivity index (χ1v) is 8.35. The van der Waals surface area contributed by atoms with Crippen LogP contribution < -0.4 is 10.6 Å². The van der Waals surface area contributed by atoms with Crippen molar-refractivity contribution in [2.45, 2.75) is 20.3 Å². The number of hydrogen-bond acceptors (Lipinski definition) is 4. The maximum absolute atomic E-state index is 12.2. The Balaban J connectivity index is 1.74. The molecular formula is C18H17N3O2S. The topological polar surface area (TPSA) is 71.1 Å². The summed E-state index contributed by atoms with van der Waals surface area (Å²) in [5, 5.41) is 6.15. The number of anilines is 2. The molecule has 0 spiro atoms. The lowest BCUT2D eigenvalue weighted by Crippen LogP contribution is -2.14. The summed E-state index contributed by atoms with van der Waals surface area (Å²) in [6, 6.07) is 13.3. The fraction of sp³-hybridized carbons (Fsp3) is 0.167. The number of rotatable bonds is 4. The zero-order chi connectivity index (χ0) is 17.1. The lowest BCUT2D eigenvalue weighted by Gasteiger charge is -2.04. The Hall–Kier alpha value is -2.73. The second kappa shape index (κ2) is 6.80. The van der Waals surface area contributed by atoms with E-state index in [1.807, 2.05) is 43.3 Å². The number of aromatic nitrogens is 1. The summed E-state index contributed by atoms with van der Waals surface area (Å²) in [5.41, 5.74) is 3.61. The van der Waals surface area contributed by atoms with E-state index in [4.69, 9.17) is 0 Å². The Morgan fingerprint density at radius 2 is 1.92 bits per heavy atom. The summed E-state index contributed by atoms with van der Waals surface area (Å²) in [6.45, 7) is 3.46. The summed E-state index contributed by atoms with van der Waals surface area (Å²) < 4.78 is 0.910. The van der Waals surface area contributed by atoms with E-state index >= 15 is 0 Å². The molecule has 0 aliphatic carbocycles. The molecule has 0 saturated heterocycles. The van der Waals surface area contributed by atoms with Crippen LogP contribution >= 0.6 is 11.3 Å². The highest BCUT2D eigenvalue weighted by molar-refractivity contribution is 7.22. The number of fused-ring (bicyclic) bond motifs is 1. The summed E-state index contributed by atoms with van der Waals surface area (Å²) in [6.07, 6.45) is 0.319. The first-order valence-electron chi connectivity index (χ1n) is 7.54. The molecule has 0 fully saturated rings. The number of nitrogens with one attached hydrogen (secondary N) is 2. The summed E-state index contributed by atoms with van der Waals surface area (Å²) in [7, 11) is 0. The molecule has 0 aliphatic rings. The molecule has 122 valence electrons. The van der Waals surface area contributed by atoms with Gasteiger partial charge in [0.2, 0.25) is 11.8 Å². The molecule has 0 atom stereocenters. The molecule has 1 heterocycles. The van der Waals surface area contributed by atoms with Gasteiger partial charge in [-0.2, -0.15) is 0 Å². The van der Waals surface area contributed by atoms with Gasteiger partial charge in [0.1, 0.15) is 0 Å². The predicted octanol–water partition coefficient (Wildman–Crippen LogP) is 3.74. The molecule has 0 bridgehead atoms. The Morgan fingerprint density at radius 3 is 2.67 bits per heavy atom. The molecule has 1 aromatic heterocycles. The van der Waals surface area contributed by atoms with Crippen LogP contribution in [-0.4, -0.2) is 16.8 Å². The molecule has 3 aromatic rings. The Kier molecular flexibility index (Phi) is 4.57. The van der Waals surface area contributed by atoms with Crippen molar-refractivity contribution in [1.82, 2.24) is 4.98 Å². The number of hydrogen-bond donors (Lipinski definition) is 2. The van der Waals surface area contributed by atoms with Crippen molar-refractivity contribution in [1.29, 1.82) is 0 Å². The van der Waals surface area contributed by atoms with Crippen LogP contribution in [0.4, 0.5) is 10.8 Å². The third-order valence-corrected chi connectivity index (χ3v) is 4.50. The average molecular weight is 339 g/mol. The fourth-order valence-corrected chi connectivity index (χ4v) is 3.33. The van der Waals surface area contributed by atoms with Crippen molar-refractivity contribution >= 4 is 44.2 Å². The van der Waals surface area contributed by atoms with Crippen LogP contribution in [0.25, 0.3) is 10.2 Å². The van der Waals surface area contributed by atoms with Crippen LogP contribution in [-0.2, 0) is 16.0 Å². The molecule has 2 aromatic carbocycles. The Labute approximate surface area is 143 Å². The Morgan fingerprint density at radius 1 is 1.12 bits per heavy atom. The van der Waals surface area contributed by atoms with Gasteiger partial charge in [0.15, 0.2) is 5.13 Å². The normalized spacial score (nSPS) is 10.6. The minimum absolute atomic E-state index is 0.0922. The second-order valence-corrected chi connectivity index (χ2v) is 6.56. The lowest BCUT2D eigenvalue weighted by molar-refractivity contribution is -0.116. The van der Waals surface area contributed by atoms with E-state index in [2.05, 4.69) is 15.6 Å².